The Balaban J connectivity index is 3.25. The Morgan fingerprint density at radius 1 is 1.45 bits per heavy atom. The van der Waals surface area contributed by atoms with Crippen LogP contribution < -0.4 is 10.5 Å². The smallest absolute Gasteiger partial charge is 0.143 e. The largest absolute Gasteiger partial charge is 0.495 e. The van der Waals surface area contributed by atoms with Crippen molar-refractivity contribution in [2.45, 2.75) is 6.92 Å². The molecule has 3 heteroatoms. The topological polar surface area (TPSA) is 35.2 Å². The van der Waals surface area contributed by atoms with Gasteiger partial charge in [0.05, 0.1) is 17.8 Å². The number of benzene rings is 1. The highest BCUT2D eigenvalue weighted by Gasteiger charge is 2.04. The first-order valence-electron chi connectivity index (χ1n) is 3.25. The van der Waals surface area contributed by atoms with Gasteiger partial charge in [0.1, 0.15) is 5.75 Å². The number of halogens is 1. The minimum Gasteiger partial charge on any atom is -0.495 e. The summed E-state index contributed by atoms with van der Waals surface area (Å²) in [5.41, 5.74) is 7.11. The van der Waals surface area contributed by atoms with Gasteiger partial charge in [-0.1, -0.05) is 17.7 Å². The number of methoxy groups -OCH3 is 1. The Labute approximate surface area is 70.9 Å². The predicted octanol–water partition coefficient (Wildman–Crippen LogP) is 2.24. The summed E-state index contributed by atoms with van der Waals surface area (Å²) in [6.07, 6.45) is 0. The molecule has 11 heavy (non-hydrogen) atoms. The van der Waals surface area contributed by atoms with Crippen LogP contribution in [0, 0.1) is 6.92 Å². The Kier molecular flexibility index (Phi) is 2.25. The fourth-order valence-electron chi connectivity index (χ4n) is 0.862. The number of nitrogens with two attached hydrogens (primary N) is 1. The van der Waals surface area contributed by atoms with E-state index >= 15 is 0 Å². The van der Waals surface area contributed by atoms with Gasteiger partial charge >= 0.3 is 0 Å². The maximum absolute atomic E-state index is 5.86. The summed E-state index contributed by atoms with van der Waals surface area (Å²) >= 11 is 5.86. The number of hydrogen-bond acceptors (Lipinski definition) is 2. The van der Waals surface area contributed by atoms with Gasteiger partial charge in [-0.25, -0.2) is 0 Å². The van der Waals surface area contributed by atoms with Crippen LogP contribution in [0.5, 0.6) is 5.75 Å². The van der Waals surface area contributed by atoms with E-state index in [-0.39, 0.29) is 0 Å². The number of anilines is 1. The average Bonchev–Trinajstić information content (AvgIpc) is 2.01. The van der Waals surface area contributed by atoms with E-state index in [1.165, 1.54) is 0 Å². The summed E-state index contributed by atoms with van der Waals surface area (Å²) in [4.78, 5) is 0. The number of nitrogen functional groups attached to an aromatic ring is 1. The van der Waals surface area contributed by atoms with Crippen LogP contribution >= 0.6 is 11.6 Å². The quantitative estimate of drug-likeness (QED) is 0.658. The minimum absolute atomic E-state index is 0.508. The maximum atomic E-state index is 5.86. The highest BCUT2D eigenvalue weighted by atomic mass is 35.5. The second-order valence-corrected chi connectivity index (χ2v) is 2.69. The lowest BCUT2D eigenvalue weighted by Gasteiger charge is -2.06. The van der Waals surface area contributed by atoms with Gasteiger partial charge in [-0.3, -0.25) is 0 Å². The third-order valence-corrected chi connectivity index (χ3v) is 2.05. The van der Waals surface area contributed by atoms with E-state index in [1.54, 1.807) is 13.2 Å². The van der Waals surface area contributed by atoms with Crippen LogP contribution in [0.3, 0.4) is 0 Å². The molecule has 0 aliphatic rings. The molecule has 0 bridgehead atoms. The molecule has 1 aromatic carbocycles. The highest BCUT2D eigenvalue weighted by Crippen LogP contribution is 2.31. The van der Waals surface area contributed by atoms with Crippen molar-refractivity contribution >= 4 is 17.3 Å². The molecule has 0 saturated carbocycles. The summed E-state index contributed by atoms with van der Waals surface area (Å²) < 4.78 is 4.97. The SMILES string of the molecule is COc1ccc(C)c(Cl)c1N. The lowest BCUT2D eigenvalue weighted by molar-refractivity contribution is 0.417. The van der Waals surface area contributed by atoms with Crippen LogP contribution in [-0.4, -0.2) is 7.11 Å². The zero-order valence-electron chi connectivity index (χ0n) is 6.52. The number of hydrogen-bond donors (Lipinski definition) is 1. The van der Waals surface area contributed by atoms with Crippen molar-refractivity contribution in [1.29, 1.82) is 0 Å². The lowest BCUT2D eigenvalue weighted by Crippen LogP contribution is -1.94. The molecule has 0 aliphatic carbocycles. The van der Waals surface area contributed by atoms with Crippen molar-refractivity contribution in [3.63, 3.8) is 0 Å². The molecule has 0 radical (unpaired) electrons. The lowest BCUT2D eigenvalue weighted by atomic mass is 10.2. The molecule has 0 spiro atoms. The van der Waals surface area contributed by atoms with E-state index < -0.39 is 0 Å². The van der Waals surface area contributed by atoms with Gasteiger partial charge in [0.15, 0.2) is 0 Å². The zero-order valence-corrected chi connectivity index (χ0v) is 7.27. The zero-order chi connectivity index (χ0) is 8.43. The third-order valence-electron chi connectivity index (χ3n) is 1.55. The molecule has 0 fully saturated rings. The summed E-state index contributed by atoms with van der Waals surface area (Å²) in [7, 11) is 1.57. The Bertz CT molecular complexity index is 273. The van der Waals surface area contributed by atoms with Crippen molar-refractivity contribution < 1.29 is 4.74 Å². The van der Waals surface area contributed by atoms with E-state index in [4.69, 9.17) is 22.1 Å². The first-order chi connectivity index (χ1) is 5.16. The van der Waals surface area contributed by atoms with Crippen molar-refractivity contribution in [2.75, 3.05) is 12.8 Å². The summed E-state index contributed by atoms with van der Waals surface area (Å²) in [6, 6.07) is 3.67. The van der Waals surface area contributed by atoms with E-state index in [1.807, 2.05) is 13.0 Å². The molecular formula is C8H10ClNO. The van der Waals surface area contributed by atoms with Gasteiger partial charge in [0.25, 0.3) is 0 Å². The maximum Gasteiger partial charge on any atom is 0.143 e. The molecule has 0 saturated heterocycles. The van der Waals surface area contributed by atoms with Crippen LogP contribution in [0.2, 0.25) is 5.02 Å². The van der Waals surface area contributed by atoms with E-state index in [9.17, 15) is 0 Å². The van der Waals surface area contributed by atoms with Crippen molar-refractivity contribution in [2.24, 2.45) is 0 Å². The third kappa shape index (κ3) is 1.40. The molecule has 0 aliphatic heterocycles. The summed E-state index contributed by atoms with van der Waals surface area (Å²) in [5, 5.41) is 0.573. The van der Waals surface area contributed by atoms with Crippen LogP contribution in [0.4, 0.5) is 5.69 Å². The first kappa shape index (κ1) is 8.21. The Morgan fingerprint density at radius 2 is 2.09 bits per heavy atom. The van der Waals surface area contributed by atoms with Crippen LogP contribution in [0.25, 0.3) is 0 Å². The monoisotopic (exact) mass is 171 g/mol. The summed E-state index contributed by atoms with van der Waals surface area (Å²) in [6.45, 7) is 1.90. The van der Waals surface area contributed by atoms with Crippen LogP contribution in [0.15, 0.2) is 12.1 Å². The van der Waals surface area contributed by atoms with Gasteiger partial charge in [0.2, 0.25) is 0 Å². The molecule has 1 aromatic rings. The average molecular weight is 172 g/mol. The van der Waals surface area contributed by atoms with Crippen molar-refractivity contribution in [3.05, 3.63) is 22.7 Å². The minimum atomic E-state index is 0.508. The summed E-state index contributed by atoms with van der Waals surface area (Å²) in [5.74, 6) is 0.626. The molecule has 0 atom stereocenters. The van der Waals surface area contributed by atoms with Crippen LogP contribution in [-0.2, 0) is 0 Å². The molecule has 0 heterocycles. The standard InChI is InChI=1S/C8H10ClNO/c1-5-3-4-6(11-2)8(10)7(5)9/h3-4H,10H2,1-2H3. The number of aryl methyl sites for hydroxylation is 1. The fourth-order valence-corrected chi connectivity index (χ4v) is 1.02. The second kappa shape index (κ2) is 3.01. The van der Waals surface area contributed by atoms with E-state index in [2.05, 4.69) is 0 Å². The molecule has 0 amide bonds. The van der Waals surface area contributed by atoms with Crippen molar-refractivity contribution in [1.82, 2.24) is 0 Å². The molecule has 0 unspecified atom stereocenters. The fraction of sp³-hybridized carbons (Fsp3) is 0.250. The Morgan fingerprint density at radius 3 is 2.64 bits per heavy atom. The molecule has 1 rings (SSSR count). The second-order valence-electron chi connectivity index (χ2n) is 2.31. The molecule has 2 nitrogen and oxygen atoms in total. The van der Waals surface area contributed by atoms with Crippen LogP contribution in [0.1, 0.15) is 5.56 Å². The number of rotatable bonds is 1. The molecule has 60 valence electrons. The van der Waals surface area contributed by atoms with E-state index in [0.717, 1.165) is 5.56 Å². The number of ether oxygens (including phenoxy) is 1. The highest BCUT2D eigenvalue weighted by molar-refractivity contribution is 6.34. The predicted molar refractivity (Wildman–Crippen MR) is 47.2 cm³/mol. The van der Waals surface area contributed by atoms with Gasteiger partial charge in [-0.2, -0.15) is 0 Å². The molecular weight excluding hydrogens is 162 g/mol. The van der Waals surface area contributed by atoms with Gasteiger partial charge < -0.3 is 10.5 Å². The molecule has 2 N–H and O–H groups in total. The first-order valence-corrected chi connectivity index (χ1v) is 3.63. The van der Waals surface area contributed by atoms with Gasteiger partial charge in [-0.05, 0) is 18.6 Å². The van der Waals surface area contributed by atoms with Crippen molar-refractivity contribution in [3.8, 4) is 5.75 Å². The van der Waals surface area contributed by atoms with E-state index in [0.29, 0.717) is 16.5 Å². The normalized spacial score (nSPS) is 9.73. The molecule has 0 aromatic heterocycles. The Hall–Kier alpha value is -0.890. The van der Waals surface area contributed by atoms with Gasteiger partial charge in [0, 0.05) is 0 Å². The van der Waals surface area contributed by atoms with Gasteiger partial charge in [-0.15, -0.1) is 0 Å².